The Balaban J connectivity index is 1.59. The van der Waals surface area contributed by atoms with Crippen LogP contribution in [0.3, 0.4) is 0 Å². The average molecular weight is 630 g/mol. The first-order valence-corrected chi connectivity index (χ1v) is 17.4. The second-order valence-electron chi connectivity index (χ2n) is 17.3. The highest BCUT2D eigenvalue weighted by Crippen LogP contribution is 2.75. The molecule has 3 N–H and O–H groups in total. The van der Waals surface area contributed by atoms with Crippen LogP contribution < -0.4 is 5.73 Å². The number of esters is 2. The largest absolute Gasteiger partial charge is 0.481 e. The third-order valence-electron chi connectivity index (χ3n) is 14.6. The van der Waals surface area contributed by atoms with E-state index in [1.54, 1.807) is 0 Å². The number of ether oxygens (including phenoxy) is 3. The van der Waals surface area contributed by atoms with Gasteiger partial charge in [0.25, 0.3) is 0 Å². The number of carbonyl (C=O) groups is 3. The maximum Gasteiger partial charge on any atom is 0.323 e. The zero-order valence-corrected chi connectivity index (χ0v) is 29.4. The van der Waals surface area contributed by atoms with Gasteiger partial charge in [-0.25, -0.2) is 0 Å². The standard InChI is InChI=1S/C37H59NO7/c1-20(2)22(5)33(7)15-16-35(9)24-11-12-27-34(8)18-43-19-37(27,25(24)13-14-36(35,10)29(33)31(40)41)17-26(44-23(6)39)30(34)45-32(42)28(38)21(3)4/h13,20-22,24,26-30H,11-12,14-19,38H2,1-10H3,(H,40,41)/t22-,24+,26-,27+,28?,29-,30+,33-,34-,35-,36+,37+/m1/s1. The summed E-state index contributed by atoms with van der Waals surface area (Å²) in [6.45, 7) is 21.8. The van der Waals surface area contributed by atoms with Gasteiger partial charge in [-0.15, -0.1) is 0 Å². The maximum absolute atomic E-state index is 13.3. The van der Waals surface area contributed by atoms with Gasteiger partial charge in [0.05, 0.1) is 19.1 Å². The molecule has 1 unspecified atom stereocenters. The van der Waals surface area contributed by atoms with E-state index in [1.807, 2.05) is 13.8 Å². The smallest absolute Gasteiger partial charge is 0.323 e. The van der Waals surface area contributed by atoms with Crippen LogP contribution in [0.25, 0.3) is 0 Å². The highest BCUT2D eigenvalue weighted by atomic mass is 16.6. The fraction of sp³-hybridized carbons (Fsp3) is 0.865. The van der Waals surface area contributed by atoms with Gasteiger partial charge >= 0.3 is 17.9 Å². The monoisotopic (exact) mass is 629 g/mol. The van der Waals surface area contributed by atoms with Gasteiger partial charge < -0.3 is 25.1 Å². The number of carboxylic acid groups (broad SMARTS) is 1. The number of allylic oxidation sites excluding steroid dienone is 1. The van der Waals surface area contributed by atoms with Gasteiger partial charge in [-0.05, 0) is 84.4 Å². The molecule has 8 nitrogen and oxygen atoms in total. The number of rotatable bonds is 7. The van der Waals surface area contributed by atoms with E-state index >= 15 is 0 Å². The number of aliphatic carboxylic acids is 1. The lowest BCUT2D eigenvalue weighted by Crippen LogP contribution is -2.70. The fourth-order valence-electron chi connectivity index (χ4n) is 11.6. The second-order valence-corrected chi connectivity index (χ2v) is 17.3. The summed E-state index contributed by atoms with van der Waals surface area (Å²) in [5.74, 6) is -1.06. The van der Waals surface area contributed by atoms with E-state index in [1.165, 1.54) is 12.5 Å². The van der Waals surface area contributed by atoms with Gasteiger partial charge in [0.1, 0.15) is 18.2 Å². The molecule has 1 saturated heterocycles. The molecule has 1 aliphatic heterocycles. The minimum absolute atomic E-state index is 0.0869. The average Bonchev–Trinajstić information content (AvgIpc) is 2.94. The molecule has 8 heteroatoms. The van der Waals surface area contributed by atoms with Gasteiger partial charge in [-0.1, -0.05) is 74.0 Å². The topological polar surface area (TPSA) is 125 Å². The zero-order chi connectivity index (χ0) is 33.5. The van der Waals surface area contributed by atoms with Gasteiger partial charge in [0.2, 0.25) is 0 Å². The molecular formula is C37H59NO7. The molecule has 0 aromatic carbocycles. The number of hydrogen-bond acceptors (Lipinski definition) is 7. The third-order valence-corrected chi connectivity index (χ3v) is 14.6. The van der Waals surface area contributed by atoms with Crippen molar-refractivity contribution in [3.8, 4) is 0 Å². The van der Waals surface area contributed by atoms with Crippen molar-refractivity contribution in [3.05, 3.63) is 11.6 Å². The molecule has 4 fully saturated rings. The number of carboxylic acids is 1. The molecule has 12 atom stereocenters. The van der Waals surface area contributed by atoms with E-state index in [4.69, 9.17) is 19.9 Å². The van der Waals surface area contributed by atoms with Crippen LogP contribution in [0.1, 0.15) is 108 Å². The molecule has 0 radical (unpaired) electrons. The zero-order valence-electron chi connectivity index (χ0n) is 29.4. The van der Waals surface area contributed by atoms with Crippen LogP contribution in [0.4, 0.5) is 0 Å². The van der Waals surface area contributed by atoms with E-state index in [0.29, 0.717) is 32.0 Å². The van der Waals surface area contributed by atoms with Crippen molar-refractivity contribution in [2.45, 2.75) is 126 Å². The van der Waals surface area contributed by atoms with Crippen molar-refractivity contribution >= 4 is 17.9 Å². The van der Waals surface area contributed by atoms with E-state index < -0.39 is 52.9 Å². The van der Waals surface area contributed by atoms with E-state index in [2.05, 4.69) is 54.5 Å². The van der Waals surface area contributed by atoms with Crippen molar-refractivity contribution in [3.63, 3.8) is 0 Å². The van der Waals surface area contributed by atoms with Gasteiger partial charge in [-0.2, -0.15) is 0 Å². The van der Waals surface area contributed by atoms with Crippen LogP contribution in [0, 0.1) is 62.6 Å². The minimum Gasteiger partial charge on any atom is -0.481 e. The van der Waals surface area contributed by atoms with Crippen LogP contribution in [0.5, 0.6) is 0 Å². The predicted octanol–water partition coefficient (Wildman–Crippen LogP) is 6.40. The molecule has 0 aromatic heterocycles. The Kier molecular flexibility index (Phi) is 8.68. The SMILES string of the molecule is CC(=O)O[C@@H]1C[C@@]23COC[C@](C)([C@@H]2CC[C@H]2C3=CC[C@@]3(C)[C@H](C(=O)O)[C@@](C)([C@H](C)C(C)C)CC[C@]23C)[C@H]1OC(=O)C(N)C(C)C. The number of fused-ring (bicyclic) bond motifs is 3. The Morgan fingerprint density at radius 1 is 0.956 bits per heavy atom. The highest BCUT2D eigenvalue weighted by Gasteiger charge is 2.72. The summed E-state index contributed by atoms with van der Waals surface area (Å²) in [5, 5.41) is 10.9. The van der Waals surface area contributed by atoms with Crippen molar-refractivity contribution in [2.24, 2.45) is 68.3 Å². The lowest BCUT2D eigenvalue weighted by atomic mass is 9.34. The molecule has 2 bridgehead atoms. The van der Waals surface area contributed by atoms with Crippen LogP contribution in [0.2, 0.25) is 0 Å². The van der Waals surface area contributed by atoms with Crippen LogP contribution in [0.15, 0.2) is 11.6 Å². The Labute approximate surface area is 270 Å². The van der Waals surface area contributed by atoms with Crippen molar-refractivity contribution in [2.75, 3.05) is 13.2 Å². The summed E-state index contributed by atoms with van der Waals surface area (Å²) in [6.07, 6.45) is 6.03. The summed E-state index contributed by atoms with van der Waals surface area (Å²) in [6, 6.07) is -0.769. The fourth-order valence-corrected chi connectivity index (χ4v) is 11.6. The van der Waals surface area contributed by atoms with Crippen molar-refractivity contribution < 1.29 is 33.7 Å². The number of carbonyl (C=O) groups excluding carboxylic acids is 2. The van der Waals surface area contributed by atoms with E-state index in [0.717, 1.165) is 25.7 Å². The van der Waals surface area contributed by atoms with Crippen molar-refractivity contribution in [1.82, 2.24) is 0 Å². The highest BCUT2D eigenvalue weighted by molar-refractivity contribution is 5.76. The van der Waals surface area contributed by atoms with E-state index in [-0.39, 0.29) is 39.9 Å². The summed E-state index contributed by atoms with van der Waals surface area (Å²) in [7, 11) is 0. The number of nitrogens with two attached hydrogens (primary N) is 1. The Hall–Kier alpha value is -1.93. The quantitative estimate of drug-likeness (QED) is 0.245. The first-order valence-electron chi connectivity index (χ1n) is 17.4. The molecular weight excluding hydrogens is 570 g/mol. The predicted molar refractivity (Wildman–Crippen MR) is 172 cm³/mol. The lowest BCUT2D eigenvalue weighted by molar-refractivity contribution is -0.263. The van der Waals surface area contributed by atoms with Crippen LogP contribution in [-0.4, -0.2) is 54.5 Å². The van der Waals surface area contributed by atoms with Gasteiger partial charge in [0, 0.05) is 17.8 Å². The molecule has 4 aliphatic carbocycles. The Morgan fingerprint density at radius 3 is 2.20 bits per heavy atom. The second kappa shape index (κ2) is 11.4. The Morgan fingerprint density at radius 2 is 1.62 bits per heavy atom. The van der Waals surface area contributed by atoms with Crippen molar-refractivity contribution in [1.29, 1.82) is 0 Å². The summed E-state index contributed by atoms with van der Waals surface area (Å²) in [4.78, 5) is 39.1. The lowest BCUT2D eigenvalue weighted by Gasteiger charge is -2.71. The minimum atomic E-state index is -0.769. The molecule has 45 heavy (non-hydrogen) atoms. The first kappa shape index (κ1) is 34.4. The van der Waals surface area contributed by atoms with Gasteiger partial charge in [-0.3, -0.25) is 14.4 Å². The Bertz CT molecular complexity index is 1240. The summed E-state index contributed by atoms with van der Waals surface area (Å²) in [5.41, 5.74) is 5.69. The van der Waals surface area contributed by atoms with E-state index in [9.17, 15) is 19.5 Å². The molecule has 0 amide bonds. The summed E-state index contributed by atoms with van der Waals surface area (Å²) < 4.78 is 18.7. The molecule has 5 rings (SSSR count). The first-order chi connectivity index (χ1) is 20.8. The number of hydrogen-bond donors (Lipinski definition) is 2. The summed E-state index contributed by atoms with van der Waals surface area (Å²) >= 11 is 0. The van der Waals surface area contributed by atoms with Crippen LogP contribution >= 0.6 is 0 Å². The molecule has 3 saturated carbocycles. The molecule has 0 aromatic rings. The molecule has 254 valence electrons. The molecule has 5 aliphatic rings. The van der Waals surface area contributed by atoms with Crippen LogP contribution in [-0.2, 0) is 28.6 Å². The molecule has 0 spiro atoms. The third kappa shape index (κ3) is 4.85. The molecule has 1 heterocycles. The maximum atomic E-state index is 13.3. The normalized spacial score (nSPS) is 45.4. The van der Waals surface area contributed by atoms with Gasteiger partial charge in [0.15, 0.2) is 0 Å².